The SMILES string of the molecule is C=C(C)CN(CC)C(=O)C=Cc1ccc(OC(F)F)c(OCC)c1. The highest BCUT2D eigenvalue weighted by Gasteiger charge is 2.12. The minimum absolute atomic E-state index is 0.0345. The molecule has 0 fully saturated rings. The lowest BCUT2D eigenvalue weighted by Crippen LogP contribution is -2.30. The van der Waals surface area contributed by atoms with Gasteiger partial charge in [-0.15, -0.1) is 0 Å². The number of halogens is 2. The van der Waals surface area contributed by atoms with E-state index in [1.165, 1.54) is 12.1 Å². The molecule has 0 heterocycles. The quantitative estimate of drug-likeness (QED) is 0.502. The predicted octanol–water partition coefficient (Wildman–Crippen LogP) is 4.12. The third-order valence-electron chi connectivity index (χ3n) is 3.06. The van der Waals surface area contributed by atoms with Crippen LogP contribution in [0.1, 0.15) is 26.3 Å². The first kappa shape index (κ1) is 19.7. The van der Waals surface area contributed by atoms with E-state index >= 15 is 0 Å². The molecule has 0 spiro atoms. The van der Waals surface area contributed by atoms with Crippen LogP contribution in [-0.4, -0.2) is 37.1 Å². The molecule has 1 amide bonds. The smallest absolute Gasteiger partial charge is 0.387 e. The third-order valence-corrected chi connectivity index (χ3v) is 3.06. The molecule has 6 heteroatoms. The maximum absolute atomic E-state index is 12.4. The van der Waals surface area contributed by atoms with Gasteiger partial charge in [0.15, 0.2) is 11.5 Å². The van der Waals surface area contributed by atoms with E-state index in [9.17, 15) is 13.6 Å². The van der Waals surface area contributed by atoms with E-state index < -0.39 is 6.61 Å². The van der Waals surface area contributed by atoms with Crippen molar-refractivity contribution in [2.24, 2.45) is 0 Å². The zero-order chi connectivity index (χ0) is 18.1. The summed E-state index contributed by atoms with van der Waals surface area (Å²) in [5.74, 6) is 0.0286. The van der Waals surface area contributed by atoms with E-state index in [1.807, 2.05) is 13.8 Å². The van der Waals surface area contributed by atoms with Crippen molar-refractivity contribution < 1.29 is 23.0 Å². The monoisotopic (exact) mass is 339 g/mol. The Balaban J connectivity index is 2.91. The second-order valence-electron chi connectivity index (χ2n) is 5.16. The average molecular weight is 339 g/mol. The normalized spacial score (nSPS) is 10.9. The van der Waals surface area contributed by atoms with Crippen LogP contribution >= 0.6 is 0 Å². The number of nitrogens with zero attached hydrogens (tertiary/aromatic N) is 1. The summed E-state index contributed by atoms with van der Waals surface area (Å²) in [6.07, 6.45) is 3.04. The first-order chi connectivity index (χ1) is 11.4. The van der Waals surface area contributed by atoms with Crippen molar-refractivity contribution in [1.29, 1.82) is 0 Å². The van der Waals surface area contributed by atoms with Gasteiger partial charge in [0.05, 0.1) is 6.61 Å². The van der Waals surface area contributed by atoms with Crippen molar-refractivity contribution in [3.05, 3.63) is 42.0 Å². The Morgan fingerprint density at radius 2 is 2.04 bits per heavy atom. The maximum Gasteiger partial charge on any atom is 0.387 e. The molecule has 0 radical (unpaired) electrons. The summed E-state index contributed by atoms with van der Waals surface area (Å²) >= 11 is 0. The Kier molecular flexibility index (Phi) is 7.95. The summed E-state index contributed by atoms with van der Waals surface area (Å²) in [5.41, 5.74) is 1.55. The van der Waals surface area contributed by atoms with Gasteiger partial charge in [0.1, 0.15) is 0 Å². The molecule has 0 aromatic heterocycles. The van der Waals surface area contributed by atoms with Gasteiger partial charge in [0.25, 0.3) is 0 Å². The second-order valence-corrected chi connectivity index (χ2v) is 5.16. The Labute approximate surface area is 141 Å². The fraction of sp³-hybridized carbons (Fsp3) is 0.389. The van der Waals surface area contributed by atoms with Crippen molar-refractivity contribution in [1.82, 2.24) is 4.90 Å². The van der Waals surface area contributed by atoms with E-state index in [4.69, 9.17) is 4.74 Å². The van der Waals surface area contributed by atoms with Gasteiger partial charge in [-0.3, -0.25) is 4.79 Å². The van der Waals surface area contributed by atoms with Crippen LogP contribution in [0.15, 0.2) is 36.4 Å². The second kappa shape index (κ2) is 9.70. The topological polar surface area (TPSA) is 38.8 Å². The fourth-order valence-corrected chi connectivity index (χ4v) is 2.03. The van der Waals surface area contributed by atoms with Gasteiger partial charge in [-0.05, 0) is 44.5 Å². The Bertz CT molecular complexity index is 600. The summed E-state index contributed by atoms with van der Waals surface area (Å²) in [4.78, 5) is 13.8. The van der Waals surface area contributed by atoms with E-state index in [1.54, 1.807) is 30.0 Å². The number of ether oxygens (including phenoxy) is 2. The highest BCUT2D eigenvalue weighted by Crippen LogP contribution is 2.30. The highest BCUT2D eigenvalue weighted by molar-refractivity contribution is 5.92. The molecule has 0 saturated carbocycles. The number of carbonyl (C=O) groups excluding carboxylic acids is 1. The summed E-state index contributed by atoms with van der Waals surface area (Å²) in [6, 6.07) is 4.53. The van der Waals surface area contributed by atoms with Gasteiger partial charge in [0.2, 0.25) is 5.91 Å². The number of hydrogen-bond acceptors (Lipinski definition) is 3. The van der Waals surface area contributed by atoms with Crippen LogP contribution in [0.4, 0.5) is 8.78 Å². The van der Waals surface area contributed by atoms with Crippen LogP contribution in [0.5, 0.6) is 11.5 Å². The van der Waals surface area contributed by atoms with Crippen LogP contribution in [-0.2, 0) is 4.79 Å². The lowest BCUT2D eigenvalue weighted by molar-refractivity contribution is -0.125. The van der Waals surface area contributed by atoms with Crippen molar-refractivity contribution in [3.63, 3.8) is 0 Å². The molecule has 0 unspecified atom stereocenters. The minimum Gasteiger partial charge on any atom is -0.490 e. The predicted molar refractivity (Wildman–Crippen MR) is 90.3 cm³/mol. The van der Waals surface area contributed by atoms with Crippen molar-refractivity contribution in [2.45, 2.75) is 27.4 Å². The molecular formula is C18H23F2NO3. The number of likely N-dealkylation sites (N-methyl/N-ethyl adjacent to an activating group) is 1. The number of alkyl halides is 2. The Morgan fingerprint density at radius 3 is 2.58 bits per heavy atom. The third kappa shape index (κ3) is 6.40. The van der Waals surface area contributed by atoms with Crippen molar-refractivity contribution in [3.8, 4) is 11.5 Å². The molecule has 0 bridgehead atoms. The molecule has 0 aliphatic rings. The highest BCUT2D eigenvalue weighted by atomic mass is 19.3. The first-order valence-electron chi connectivity index (χ1n) is 7.70. The van der Waals surface area contributed by atoms with Gasteiger partial charge < -0.3 is 14.4 Å². The summed E-state index contributed by atoms with van der Waals surface area (Å²) in [5, 5.41) is 0. The van der Waals surface area contributed by atoms with Crippen molar-refractivity contribution in [2.75, 3.05) is 19.7 Å². The zero-order valence-corrected chi connectivity index (χ0v) is 14.2. The molecule has 0 aliphatic carbocycles. The average Bonchev–Trinajstić information content (AvgIpc) is 2.52. The number of hydrogen-bond donors (Lipinski definition) is 0. The molecule has 24 heavy (non-hydrogen) atoms. The molecule has 0 saturated heterocycles. The number of amides is 1. The van der Waals surface area contributed by atoms with Crippen LogP contribution in [0.2, 0.25) is 0 Å². The van der Waals surface area contributed by atoms with Crippen LogP contribution in [0, 0.1) is 0 Å². The van der Waals surface area contributed by atoms with Gasteiger partial charge in [0, 0.05) is 19.2 Å². The van der Waals surface area contributed by atoms with Gasteiger partial charge in [-0.25, -0.2) is 0 Å². The molecule has 0 atom stereocenters. The van der Waals surface area contributed by atoms with Crippen LogP contribution < -0.4 is 9.47 Å². The molecule has 132 valence electrons. The molecule has 1 rings (SSSR count). The molecule has 1 aromatic rings. The standard InChI is InChI=1S/C18H23F2NO3/c1-5-21(12-13(3)4)17(22)10-8-14-7-9-15(24-18(19)20)16(11-14)23-6-2/h7-11,18H,3,5-6,12H2,1-2,4H3. The first-order valence-corrected chi connectivity index (χ1v) is 7.70. The van der Waals surface area contributed by atoms with Crippen molar-refractivity contribution >= 4 is 12.0 Å². The minimum atomic E-state index is -2.92. The largest absolute Gasteiger partial charge is 0.490 e. The fourth-order valence-electron chi connectivity index (χ4n) is 2.03. The van der Waals surface area contributed by atoms with Crippen LogP contribution in [0.25, 0.3) is 6.08 Å². The number of benzene rings is 1. The Hall–Kier alpha value is -2.37. The van der Waals surface area contributed by atoms with E-state index in [0.29, 0.717) is 25.3 Å². The number of rotatable bonds is 9. The molecule has 1 aromatic carbocycles. The summed E-state index contributed by atoms with van der Waals surface area (Å²) in [7, 11) is 0. The molecular weight excluding hydrogens is 316 g/mol. The summed E-state index contributed by atoms with van der Waals surface area (Å²) < 4.78 is 34.5. The summed E-state index contributed by atoms with van der Waals surface area (Å²) in [6.45, 7) is 7.74. The molecule has 0 aliphatic heterocycles. The lowest BCUT2D eigenvalue weighted by atomic mass is 10.2. The van der Waals surface area contributed by atoms with E-state index in [-0.39, 0.29) is 17.4 Å². The van der Waals surface area contributed by atoms with Gasteiger partial charge in [-0.1, -0.05) is 18.2 Å². The lowest BCUT2D eigenvalue weighted by Gasteiger charge is -2.19. The number of carbonyl (C=O) groups is 1. The van der Waals surface area contributed by atoms with E-state index in [2.05, 4.69) is 11.3 Å². The van der Waals surface area contributed by atoms with Gasteiger partial charge >= 0.3 is 6.61 Å². The van der Waals surface area contributed by atoms with Crippen LogP contribution in [0.3, 0.4) is 0 Å². The maximum atomic E-state index is 12.4. The molecule has 4 nitrogen and oxygen atoms in total. The van der Waals surface area contributed by atoms with Gasteiger partial charge in [-0.2, -0.15) is 8.78 Å². The van der Waals surface area contributed by atoms with E-state index in [0.717, 1.165) is 5.57 Å². The molecule has 0 N–H and O–H groups in total. The Morgan fingerprint density at radius 1 is 1.33 bits per heavy atom. The zero-order valence-electron chi connectivity index (χ0n) is 14.2.